The number of nitrogen functional groups attached to an aromatic ring is 1. The standard InChI is InChI=1S/C14H14FNO2/c1-17-11-5-3-6-12(8-11)18-9-10-4-2-7-13(16)14(10)15/h2-8H,9,16H2,1H3. The Labute approximate surface area is 105 Å². The summed E-state index contributed by atoms with van der Waals surface area (Å²) in [4.78, 5) is 0. The SMILES string of the molecule is COc1cccc(OCc2cccc(N)c2F)c1. The van der Waals surface area contributed by atoms with Gasteiger partial charge in [-0.15, -0.1) is 0 Å². The van der Waals surface area contributed by atoms with Gasteiger partial charge in [0.05, 0.1) is 12.8 Å². The first-order chi connectivity index (χ1) is 8.70. The van der Waals surface area contributed by atoms with Crippen LogP contribution in [-0.2, 0) is 6.61 Å². The number of halogens is 1. The van der Waals surface area contributed by atoms with Crippen LogP contribution in [0.15, 0.2) is 42.5 Å². The summed E-state index contributed by atoms with van der Waals surface area (Å²) >= 11 is 0. The molecule has 0 spiro atoms. The fourth-order valence-electron chi connectivity index (χ4n) is 1.56. The van der Waals surface area contributed by atoms with Gasteiger partial charge >= 0.3 is 0 Å². The van der Waals surface area contributed by atoms with E-state index in [0.29, 0.717) is 17.1 Å². The molecular formula is C14H14FNO2. The molecule has 0 heterocycles. The van der Waals surface area contributed by atoms with E-state index in [9.17, 15) is 4.39 Å². The minimum absolute atomic E-state index is 0.127. The topological polar surface area (TPSA) is 44.5 Å². The molecule has 3 nitrogen and oxygen atoms in total. The second kappa shape index (κ2) is 5.40. The summed E-state index contributed by atoms with van der Waals surface area (Å²) in [6, 6.07) is 12.0. The summed E-state index contributed by atoms with van der Waals surface area (Å²) in [5, 5.41) is 0. The second-order valence-corrected chi connectivity index (χ2v) is 3.79. The average Bonchev–Trinajstić information content (AvgIpc) is 2.41. The van der Waals surface area contributed by atoms with Crippen molar-refractivity contribution >= 4 is 5.69 Å². The quantitative estimate of drug-likeness (QED) is 0.845. The molecule has 0 saturated heterocycles. The third-order valence-electron chi connectivity index (χ3n) is 2.54. The van der Waals surface area contributed by atoms with Gasteiger partial charge in [-0.1, -0.05) is 18.2 Å². The number of benzene rings is 2. The molecule has 0 aliphatic carbocycles. The van der Waals surface area contributed by atoms with Gasteiger partial charge in [0.15, 0.2) is 5.82 Å². The molecule has 0 aromatic heterocycles. The van der Waals surface area contributed by atoms with Gasteiger partial charge in [-0.3, -0.25) is 0 Å². The highest BCUT2D eigenvalue weighted by Crippen LogP contribution is 2.21. The van der Waals surface area contributed by atoms with E-state index in [-0.39, 0.29) is 12.3 Å². The Morgan fingerprint density at radius 2 is 1.83 bits per heavy atom. The lowest BCUT2D eigenvalue weighted by Gasteiger charge is -2.09. The zero-order chi connectivity index (χ0) is 13.0. The van der Waals surface area contributed by atoms with Gasteiger partial charge in [-0.2, -0.15) is 0 Å². The van der Waals surface area contributed by atoms with Crippen LogP contribution in [0.1, 0.15) is 5.56 Å². The molecule has 0 bridgehead atoms. The molecule has 2 N–H and O–H groups in total. The minimum Gasteiger partial charge on any atom is -0.497 e. The minimum atomic E-state index is -0.430. The third-order valence-corrected chi connectivity index (χ3v) is 2.54. The smallest absolute Gasteiger partial charge is 0.152 e. The van der Waals surface area contributed by atoms with E-state index in [4.69, 9.17) is 15.2 Å². The van der Waals surface area contributed by atoms with E-state index in [1.807, 2.05) is 12.1 Å². The van der Waals surface area contributed by atoms with Gasteiger partial charge in [0.25, 0.3) is 0 Å². The summed E-state index contributed by atoms with van der Waals surface area (Å²) in [5.74, 6) is 0.886. The van der Waals surface area contributed by atoms with Crippen molar-refractivity contribution in [2.75, 3.05) is 12.8 Å². The van der Waals surface area contributed by atoms with Crippen molar-refractivity contribution in [3.63, 3.8) is 0 Å². The van der Waals surface area contributed by atoms with Gasteiger partial charge in [0.1, 0.15) is 18.1 Å². The molecule has 0 radical (unpaired) electrons. The van der Waals surface area contributed by atoms with Crippen LogP contribution in [-0.4, -0.2) is 7.11 Å². The van der Waals surface area contributed by atoms with Crippen molar-refractivity contribution in [2.24, 2.45) is 0 Å². The van der Waals surface area contributed by atoms with Crippen molar-refractivity contribution in [2.45, 2.75) is 6.61 Å². The Kier molecular flexibility index (Phi) is 3.67. The highest BCUT2D eigenvalue weighted by molar-refractivity contribution is 5.43. The van der Waals surface area contributed by atoms with Gasteiger partial charge < -0.3 is 15.2 Å². The lowest BCUT2D eigenvalue weighted by atomic mass is 10.2. The summed E-state index contributed by atoms with van der Waals surface area (Å²) in [5.41, 5.74) is 6.04. The number of anilines is 1. The number of methoxy groups -OCH3 is 1. The fourth-order valence-corrected chi connectivity index (χ4v) is 1.56. The Morgan fingerprint density at radius 1 is 1.11 bits per heavy atom. The first-order valence-electron chi connectivity index (χ1n) is 5.50. The van der Waals surface area contributed by atoms with E-state index < -0.39 is 5.82 Å². The molecule has 0 aliphatic rings. The number of hydrogen-bond donors (Lipinski definition) is 1. The summed E-state index contributed by atoms with van der Waals surface area (Å²) in [6.45, 7) is 0.129. The van der Waals surface area contributed by atoms with Crippen molar-refractivity contribution in [1.82, 2.24) is 0 Å². The van der Waals surface area contributed by atoms with Crippen LogP contribution in [0, 0.1) is 5.82 Å². The fraction of sp³-hybridized carbons (Fsp3) is 0.143. The maximum Gasteiger partial charge on any atom is 0.152 e. The van der Waals surface area contributed by atoms with Crippen LogP contribution in [0.2, 0.25) is 0 Å². The van der Waals surface area contributed by atoms with Gasteiger partial charge in [-0.25, -0.2) is 4.39 Å². The van der Waals surface area contributed by atoms with Crippen LogP contribution in [0.4, 0.5) is 10.1 Å². The number of rotatable bonds is 4. The largest absolute Gasteiger partial charge is 0.497 e. The molecule has 2 aromatic carbocycles. The highest BCUT2D eigenvalue weighted by Gasteiger charge is 2.06. The summed E-state index contributed by atoms with van der Waals surface area (Å²) in [7, 11) is 1.58. The zero-order valence-corrected chi connectivity index (χ0v) is 10.0. The first kappa shape index (κ1) is 12.2. The maximum atomic E-state index is 13.6. The van der Waals surface area contributed by atoms with Crippen LogP contribution < -0.4 is 15.2 Å². The molecule has 94 valence electrons. The molecule has 0 amide bonds. The summed E-state index contributed by atoms with van der Waals surface area (Å²) < 4.78 is 24.2. The first-order valence-corrected chi connectivity index (χ1v) is 5.50. The number of hydrogen-bond acceptors (Lipinski definition) is 3. The Bertz CT molecular complexity index is 543. The predicted octanol–water partition coefficient (Wildman–Crippen LogP) is 3.00. The number of ether oxygens (including phenoxy) is 2. The van der Waals surface area contributed by atoms with Crippen molar-refractivity contribution in [3.8, 4) is 11.5 Å². The lowest BCUT2D eigenvalue weighted by molar-refractivity contribution is 0.298. The molecule has 0 fully saturated rings. The second-order valence-electron chi connectivity index (χ2n) is 3.79. The Balaban J connectivity index is 2.09. The van der Waals surface area contributed by atoms with E-state index in [0.717, 1.165) is 0 Å². The monoisotopic (exact) mass is 247 g/mol. The molecule has 0 unspecified atom stereocenters. The van der Waals surface area contributed by atoms with Crippen LogP contribution in [0.25, 0.3) is 0 Å². The molecule has 0 aliphatic heterocycles. The summed E-state index contributed by atoms with van der Waals surface area (Å²) in [6.07, 6.45) is 0. The van der Waals surface area contributed by atoms with Crippen molar-refractivity contribution in [1.29, 1.82) is 0 Å². The average molecular weight is 247 g/mol. The molecule has 2 aromatic rings. The molecule has 0 atom stereocenters. The Morgan fingerprint density at radius 3 is 2.61 bits per heavy atom. The molecule has 0 saturated carbocycles. The van der Waals surface area contributed by atoms with Crippen LogP contribution >= 0.6 is 0 Å². The van der Waals surface area contributed by atoms with E-state index >= 15 is 0 Å². The number of nitrogens with two attached hydrogens (primary N) is 1. The van der Waals surface area contributed by atoms with Crippen molar-refractivity contribution < 1.29 is 13.9 Å². The molecule has 18 heavy (non-hydrogen) atoms. The van der Waals surface area contributed by atoms with Gasteiger partial charge in [0, 0.05) is 11.6 Å². The van der Waals surface area contributed by atoms with E-state index in [2.05, 4.69) is 0 Å². The van der Waals surface area contributed by atoms with Gasteiger partial charge in [-0.05, 0) is 18.2 Å². The highest BCUT2D eigenvalue weighted by atomic mass is 19.1. The zero-order valence-electron chi connectivity index (χ0n) is 10.0. The van der Waals surface area contributed by atoms with E-state index in [1.54, 1.807) is 31.4 Å². The predicted molar refractivity (Wildman–Crippen MR) is 68.1 cm³/mol. The van der Waals surface area contributed by atoms with Crippen LogP contribution in [0.5, 0.6) is 11.5 Å². The molecule has 2 rings (SSSR count). The normalized spacial score (nSPS) is 10.1. The van der Waals surface area contributed by atoms with Crippen molar-refractivity contribution in [3.05, 3.63) is 53.8 Å². The Hall–Kier alpha value is -2.23. The third kappa shape index (κ3) is 2.71. The maximum absolute atomic E-state index is 13.6. The van der Waals surface area contributed by atoms with E-state index in [1.165, 1.54) is 6.07 Å². The lowest BCUT2D eigenvalue weighted by Crippen LogP contribution is -2.01. The van der Waals surface area contributed by atoms with Crippen LogP contribution in [0.3, 0.4) is 0 Å². The van der Waals surface area contributed by atoms with Gasteiger partial charge in [0.2, 0.25) is 0 Å². The molecular weight excluding hydrogens is 233 g/mol. The molecule has 4 heteroatoms.